The van der Waals surface area contributed by atoms with Gasteiger partial charge in [0.05, 0.1) is 10.9 Å². The highest BCUT2D eigenvalue weighted by molar-refractivity contribution is 9.09. The topological polar surface area (TPSA) is 9.23 Å². The summed E-state index contributed by atoms with van der Waals surface area (Å²) in [5.74, 6) is -2.42. The van der Waals surface area contributed by atoms with Gasteiger partial charge in [-0.05, 0) is 0 Å². The fourth-order valence-electron chi connectivity index (χ4n) is 0.598. The van der Waals surface area contributed by atoms with Gasteiger partial charge in [-0.2, -0.15) is 0 Å². The van der Waals surface area contributed by atoms with Crippen molar-refractivity contribution in [3.05, 3.63) is 0 Å². The number of halogens is 5. The second-order valence-electron chi connectivity index (χ2n) is 2.74. The first-order chi connectivity index (χ1) is 5.90. The van der Waals surface area contributed by atoms with Gasteiger partial charge in [0.1, 0.15) is 6.61 Å². The van der Waals surface area contributed by atoms with Gasteiger partial charge in [0.25, 0.3) is 5.92 Å². The molecule has 0 aliphatic rings. The average Bonchev–Trinajstić information content (AvgIpc) is 2.03. The van der Waals surface area contributed by atoms with Crippen molar-refractivity contribution in [2.45, 2.75) is 23.8 Å². The van der Waals surface area contributed by atoms with Crippen LogP contribution >= 0.6 is 39.1 Å². The molecule has 0 spiro atoms. The van der Waals surface area contributed by atoms with E-state index >= 15 is 0 Å². The molecule has 0 amide bonds. The first kappa shape index (κ1) is 13.9. The molecule has 0 rings (SSSR count). The Kier molecular flexibility index (Phi) is 6.81. The molecule has 2 unspecified atom stereocenters. The molecule has 6 heteroatoms. The summed E-state index contributed by atoms with van der Waals surface area (Å²) in [5, 5.41) is 0. The Labute approximate surface area is 94.8 Å². The van der Waals surface area contributed by atoms with Crippen LogP contribution in [-0.4, -0.2) is 35.2 Å². The number of rotatable bonds is 6. The minimum Gasteiger partial charge on any atom is -0.370 e. The Morgan fingerprint density at radius 1 is 1.38 bits per heavy atom. The molecule has 2 atom stereocenters. The van der Waals surface area contributed by atoms with Crippen LogP contribution in [0.1, 0.15) is 6.92 Å². The lowest BCUT2D eigenvalue weighted by molar-refractivity contribution is -0.0810. The van der Waals surface area contributed by atoms with Gasteiger partial charge in [-0.1, -0.05) is 15.9 Å². The summed E-state index contributed by atoms with van der Waals surface area (Å²) in [7, 11) is 0. The molecule has 13 heavy (non-hydrogen) atoms. The van der Waals surface area contributed by atoms with E-state index in [1.807, 2.05) is 0 Å². The maximum atomic E-state index is 12.4. The largest absolute Gasteiger partial charge is 0.370 e. The first-order valence-corrected chi connectivity index (χ1v) is 5.64. The zero-order valence-electron chi connectivity index (χ0n) is 7.07. The monoisotopic (exact) mass is 298 g/mol. The normalized spacial score (nSPS) is 17.1. The second-order valence-corrected chi connectivity index (χ2v) is 4.54. The van der Waals surface area contributed by atoms with Crippen molar-refractivity contribution in [3.63, 3.8) is 0 Å². The van der Waals surface area contributed by atoms with E-state index in [0.29, 0.717) is 0 Å². The van der Waals surface area contributed by atoms with Crippen LogP contribution < -0.4 is 0 Å². The summed E-state index contributed by atoms with van der Waals surface area (Å²) in [6.45, 7) is 0.158. The summed E-state index contributed by atoms with van der Waals surface area (Å²) in [4.78, 5) is -0.200. The Hall–Kier alpha value is 0.880. The van der Waals surface area contributed by atoms with Crippen LogP contribution in [-0.2, 0) is 4.74 Å². The summed E-state index contributed by atoms with van der Waals surface area (Å²) in [6.07, 6.45) is -0.481. The van der Waals surface area contributed by atoms with Crippen LogP contribution in [0.4, 0.5) is 8.78 Å². The van der Waals surface area contributed by atoms with Crippen LogP contribution in [0.2, 0.25) is 0 Å². The fraction of sp³-hybridized carbons (Fsp3) is 1.00. The molecule has 0 aromatic rings. The van der Waals surface area contributed by atoms with Crippen LogP contribution in [0.5, 0.6) is 0 Å². The zero-order valence-corrected chi connectivity index (χ0v) is 10.2. The van der Waals surface area contributed by atoms with Gasteiger partial charge in [0.15, 0.2) is 0 Å². The van der Waals surface area contributed by atoms with Crippen molar-refractivity contribution >= 4 is 39.1 Å². The molecule has 0 heterocycles. The molecular weight excluding hydrogens is 289 g/mol. The van der Waals surface area contributed by atoms with Crippen LogP contribution in [0, 0.1) is 0 Å². The average molecular weight is 300 g/mol. The molecule has 0 aromatic carbocycles. The van der Waals surface area contributed by atoms with Gasteiger partial charge in [-0.15, -0.1) is 23.2 Å². The Bertz CT molecular complexity index is 143. The van der Waals surface area contributed by atoms with Gasteiger partial charge in [0, 0.05) is 18.7 Å². The number of ether oxygens (including phenoxy) is 1. The van der Waals surface area contributed by atoms with E-state index in [9.17, 15) is 8.78 Å². The lowest BCUT2D eigenvalue weighted by Gasteiger charge is -2.21. The zero-order chi connectivity index (χ0) is 10.5. The van der Waals surface area contributed by atoms with Crippen LogP contribution in [0.15, 0.2) is 0 Å². The molecule has 0 fully saturated rings. The van der Waals surface area contributed by atoms with E-state index in [4.69, 9.17) is 27.9 Å². The highest BCUT2D eigenvalue weighted by atomic mass is 79.9. The number of hydrogen-bond donors (Lipinski definition) is 0. The van der Waals surface area contributed by atoms with E-state index in [1.54, 1.807) is 0 Å². The molecule has 0 radical (unpaired) electrons. The van der Waals surface area contributed by atoms with Gasteiger partial charge in [-0.25, -0.2) is 8.78 Å². The van der Waals surface area contributed by atoms with Crippen molar-refractivity contribution in [1.82, 2.24) is 0 Å². The lowest BCUT2D eigenvalue weighted by Crippen LogP contribution is -2.32. The molecule has 1 nitrogen and oxygen atoms in total. The molecule has 0 N–H and O–H groups in total. The van der Waals surface area contributed by atoms with Gasteiger partial charge < -0.3 is 4.74 Å². The van der Waals surface area contributed by atoms with Crippen LogP contribution in [0.3, 0.4) is 0 Å². The van der Waals surface area contributed by atoms with Crippen molar-refractivity contribution < 1.29 is 13.5 Å². The fourth-order valence-corrected chi connectivity index (χ4v) is 1.66. The van der Waals surface area contributed by atoms with E-state index in [0.717, 1.165) is 6.92 Å². The highest BCUT2D eigenvalue weighted by Gasteiger charge is 2.26. The van der Waals surface area contributed by atoms with Crippen molar-refractivity contribution in [2.75, 3.05) is 18.4 Å². The van der Waals surface area contributed by atoms with E-state index in [1.165, 1.54) is 0 Å². The van der Waals surface area contributed by atoms with Gasteiger partial charge in [0.2, 0.25) is 0 Å². The molecular formula is C7H11BrCl2F2O. The van der Waals surface area contributed by atoms with Gasteiger partial charge in [-0.3, -0.25) is 0 Å². The maximum absolute atomic E-state index is 12.4. The van der Waals surface area contributed by atoms with Crippen molar-refractivity contribution in [2.24, 2.45) is 0 Å². The quantitative estimate of drug-likeness (QED) is 0.684. The van der Waals surface area contributed by atoms with E-state index in [2.05, 4.69) is 15.9 Å². The second kappa shape index (κ2) is 6.38. The van der Waals surface area contributed by atoms with E-state index in [-0.39, 0.29) is 16.6 Å². The van der Waals surface area contributed by atoms with Crippen LogP contribution in [0.25, 0.3) is 0 Å². The molecule has 0 aromatic heterocycles. The minimum absolute atomic E-state index is 0.138. The SMILES string of the molecule is CC(F)(F)COC(CCl)C(Br)CCl. The smallest absolute Gasteiger partial charge is 0.268 e. The number of alkyl halides is 5. The third-order valence-electron chi connectivity index (χ3n) is 1.25. The summed E-state index contributed by atoms with van der Waals surface area (Å²) in [6, 6.07) is 0. The van der Waals surface area contributed by atoms with Gasteiger partial charge >= 0.3 is 0 Å². The third kappa shape index (κ3) is 6.89. The molecule has 0 bridgehead atoms. The van der Waals surface area contributed by atoms with E-state index < -0.39 is 18.6 Å². The maximum Gasteiger partial charge on any atom is 0.268 e. The standard InChI is InChI=1S/C7H11BrCl2F2O/c1-7(11,12)4-13-6(3-10)5(8)2-9/h5-6H,2-4H2,1H3. The Morgan fingerprint density at radius 3 is 2.23 bits per heavy atom. The molecule has 0 aliphatic carbocycles. The predicted molar refractivity (Wildman–Crippen MR) is 54.5 cm³/mol. The van der Waals surface area contributed by atoms with Crippen molar-refractivity contribution in [3.8, 4) is 0 Å². The predicted octanol–water partition coefficient (Wildman–Crippen LogP) is 3.27. The first-order valence-electron chi connectivity index (χ1n) is 3.66. The summed E-state index contributed by atoms with van der Waals surface area (Å²) < 4.78 is 29.6. The summed E-state index contributed by atoms with van der Waals surface area (Å²) >= 11 is 14.2. The summed E-state index contributed by atoms with van der Waals surface area (Å²) in [5.41, 5.74) is 0. The minimum atomic E-state index is -2.83. The highest BCUT2D eigenvalue weighted by Crippen LogP contribution is 2.18. The Balaban J connectivity index is 3.85. The Morgan fingerprint density at radius 2 is 1.92 bits per heavy atom. The van der Waals surface area contributed by atoms with Crippen molar-refractivity contribution in [1.29, 1.82) is 0 Å². The number of hydrogen-bond acceptors (Lipinski definition) is 1. The lowest BCUT2D eigenvalue weighted by atomic mass is 10.3. The third-order valence-corrected chi connectivity index (χ3v) is 3.18. The molecule has 0 saturated heterocycles. The molecule has 0 aliphatic heterocycles. The molecule has 0 saturated carbocycles. The molecule has 80 valence electrons.